The van der Waals surface area contributed by atoms with Crippen LogP contribution in [0.3, 0.4) is 0 Å². The zero-order chi connectivity index (χ0) is 34.1. The first-order valence-electron chi connectivity index (χ1n) is 17.9. The molecule has 7 aromatic rings. The summed E-state index contributed by atoms with van der Waals surface area (Å²) in [4.78, 5) is 2.47. The van der Waals surface area contributed by atoms with Crippen molar-refractivity contribution in [1.82, 2.24) is 0 Å². The number of hydrogen-bond acceptors (Lipinski definition) is 2. The summed E-state index contributed by atoms with van der Waals surface area (Å²) in [6.45, 7) is 4.72. The Hall–Kier alpha value is -6.12. The molecule has 2 heteroatoms. The van der Waals surface area contributed by atoms with E-state index in [0.717, 1.165) is 33.6 Å². The van der Waals surface area contributed by atoms with Gasteiger partial charge in [0.05, 0.1) is 5.69 Å². The fourth-order valence-electron chi connectivity index (χ4n) is 8.72. The Morgan fingerprint density at radius 1 is 0.549 bits per heavy atom. The van der Waals surface area contributed by atoms with Crippen molar-refractivity contribution in [3.63, 3.8) is 0 Å². The molecular weight excluding hydrogens is 619 g/mol. The molecule has 1 aliphatic heterocycles. The maximum Gasteiger partial charge on any atom is 0.135 e. The maximum absolute atomic E-state index is 7.00. The summed E-state index contributed by atoms with van der Waals surface area (Å²) < 4.78 is 7.00. The van der Waals surface area contributed by atoms with Crippen LogP contribution in [0.2, 0.25) is 0 Å². The van der Waals surface area contributed by atoms with Crippen LogP contribution >= 0.6 is 0 Å². The van der Waals surface area contributed by atoms with E-state index in [2.05, 4.69) is 195 Å². The van der Waals surface area contributed by atoms with Crippen LogP contribution in [0.1, 0.15) is 42.0 Å². The largest absolute Gasteiger partial charge is 0.484 e. The molecule has 0 spiro atoms. The number of nitrogens with zero attached hydrogens (tertiary/aromatic N) is 1. The summed E-state index contributed by atoms with van der Waals surface area (Å²) in [6.07, 6.45) is 6.66. The number of hydrogen-bond donors (Lipinski definition) is 0. The van der Waals surface area contributed by atoms with Gasteiger partial charge in [-0.05, 0) is 69.3 Å². The average molecular weight is 656 g/mol. The third-order valence-corrected chi connectivity index (χ3v) is 11.2. The Labute approximate surface area is 299 Å². The lowest BCUT2D eigenvalue weighted by Gasteiger charge is -2.30. The van der Waals surface area contributed by atoms with Crippen molar-refractivity contribution in [3.05, 3.63) is 198 Å². The molecule has 0 bridgehead atoms. The van der Waals surface area contributed by atoms with Crippen LogP contribution in [0, 0.1) is 0 Å². The highest BCUT2D eigenvalue weighted by molar-refractivity contribution is 6.04. The summed E-state index contributed by atoms with van der Waals surface area (Å²) in [7, 11) is 0. The summed E-state index contributed by atoms with van der Waals surface area (Å²) >= 11 is 0. The van der Waals surface area contributed by atoms with E-state index >= 15 is 0 Å². The van der Waals surface area contributed by atoms with Crippen LogP contribution in [0.4, 0.5) is 17.1 Å². The fraction of sp³-hybridized carbons (Fsp3) is 0.102. The Kier molecular flexibility index (Phi) is 6.69. The third-order valence-electron chi connectivity index (χ3n) is 11.2. The summed E-state index contributed by atoms with van der Waals surface area (Å²) in [5.41, 5.74) is 14.7. The second-order valence-electron chi connectivity index (χ2n) is 14.4. The second-order valence-corrected chi connectivity index (χ2v) is 14.4. The molecule has 2 unspecified atom stereocenters. The monoisotopic (exact) mass is 655 g/mol. The standard InChI is InChI=1S/C49H37NO/c1-49(2)44-26-12-11-21-38(44)39-28-27-36(30-45(39)49)50(35-20-13-19-34(29-35)32-15-5-3-6-16-32)46-31-43-42-25-14-24-37(33-17-7-4-8-18-33)47(42)51-48(43)41-23-10-9-22-40(41)46/h3-31,42,47H,1-2H3. The van der Waals surface area contributed by atoms with E-state index in [1.165, 1.54) is 50.1 Å². The van der Waals surface area contributed by atoms with Crippen molar-refractivity contribution in [3.8, 4) is 28.0 Å². The molecule has 0 amide bonds. The van der Waals surface area contributed by atoms with Crippen LogP contribution in [0.15, 0.2) is 176 Å². The van der Waals surface area contributed by atoms with Crippen molar-refractivity contribution in [2.45, 2.75) is 31.3 Å². The van der Waals surface area contributed by atoms with E-state index in [9.17, 15) is 0 Å². The lowest BCUT2D eigenvalue weighted by Crippen LogP contribution is -2.21. The van der Waals surface area contributed by atoms with Gasteiger partial charge in [-0.1, -0.05) is 159 Å². The van der Waals surface area contributed by atoms with Crippen molar-refractivity contribution < 1.29 is 4.74 Å². The van der Waals surface area contributed by atoms with Crippen LogP contribution in [0.5, 0.6) is 5.75 Å². The van der Waals surface area contributed by atoms with Crippen molar-refractivity contribution in [2.75, 3.05) is 4.90 Å². The van der Waals surface area contributed by atoms with Gasteiger partial charge in [0.1, 0.15) is 11.9 Å². The third kappa shape index (κ3) is 4.63. The van der Waals surface area contributed by atoms with Crippen LogP contribution < -0.4 is 9.64 Å². The molecule has 51 heavy (non-hydrogen) atoms. The summed E-state index contributed by atoms with van der Waals surface area (Å²) in [5, 5.41) is 2.30. The highest BCUT2D eigenvalue weighted by atomic mass is 16.5. The first kappa shape index (κ1) is 29.8. The predicted octanol–water partition coefficient (Wildman–Crippen LogP) is 12.8. The van der Waals surface area contributed by atoms with Gasteiger partial charge >= 0.3 is 0 Å². The van der Waals surface area contributed by atoms with Gasteiger partial charge in [-0.15, -0.1) is 0 Å². The van der Waals surface area contributed by atoms with E-state index in [4.69, 9.17) is 4.74 Å². The molecule has 7 aromatic carbocycles. The van der Waals surface area contributed by atoms with Gasteiger partial charge in [0.25, 0.3) is 0 Å². The lowest BCUT2D eigenvalue weighted by atomic mass is 9.82. The van der Waals surface area contributed by atoms with E-state index in [1.807, 2.05) is 0 Å². The molecule has 0 N–H and O–H groups in total. The molecule has 0 fully saturated rings. The zero-order valence-electron chi connectivity index (χ0n) is 28.8. The molecule has 2 aliphatic carbocycles. The van der Waals surface area contributed by atoms with Gasteiger partial charge in [-0.3, -0.25) is 0 Å². The number of anilines is 3. The Bertz CT molecular complexity index is 2540. The maximum atomic E-state index is 7.00. The molecule has 0 saturated heterocycles. The quantitative estimate of drug-likeness (QED) is 0.183. The molecule has 0 radical (unpaired) electrons. The summed E-state index contributed by atoms with van der Waals surface area (Å²) in [5.74, 6) is 1.09. The number of fused-ring (bicyclic) bond motifs is 8. The van der Waals surface area contributed by atoms with E-state index < -0.39 is 0 Å². The number of allylic oxidation sites excluding steroid dienone is 2. The van der Waals surface area contributed by atoms with E-state index in [-0.39, 0.29) is 17.4 Å². The van der Waals surface area contributed by atoms with Gasteiger partial charge in [0.15, 0.2) is 0 Å². The van der Waals surface area contributed by atoms with E-state index in [1.54, 1.807) is 0 Å². The van der Waals surface area contributed by atoms with Crippen molar-refractivity contribution in [1.29, 1.82) is 0 Å². The molecule has 3 aliphatic rings. The lowest BCUT2D eigenvalue weighted by molar-refractivity contribution is 0.281. The van der Waals surface area contributed by atoms with Crippen LogP contribution in [0.25, 0.3) is 38.6 Å². The minimum absolute atomic E-state index is 0.0831. The van der Waals surface area contributed by atoms with Gasteiger partial charge in [-0.25, -0.2) is 0 Å². The normalized spacial score (nSPS) is 17.6. The minimum Gasteiger partial charge on any atom is -0.484 e. The van der Waals surface area contributed by atoms with Gasteiger partial charge in [0.2, 0.25) is 0 Å². The van der Waals surface area contributed by atoms with Gasteiger partial charge in [0, 0.05) is 44.6 Å². The number of benzene rings is 7. The van der Waals surface area contributed by atoms with Gasteiger partial charge in [-0.2, -0.15) is 0 Å². The molecule has 10 rings (SSSR count). The van der Waals surface area contributed by atoms with Gasteiger partial charge < -0.3 is 9.64 Å². The molecule has 0 aromatic heterocycles. The molecule has 2 nitrogen and oxygen atoms in total. The Morgan fingerprint density at radius 3 is 2.04 bits per heavy atom. The first-order valence-corrected chi connectivity index (χ1v) is 17.9. The molecule has 2 atom stereocenters. The molecule has 1 heterocycles. The highest BCUT2D eigenvalue weighted by Gasteiger charge is 2.40. The second kappa shape index (κ2) is 11.5. The van der Waals surface area contributed by atoms with Crippen LogP contribution in [-0.4, -0.2) is 6.10 Å². The number of ether oxygens (including phenoxy) is 1. The van der Waals surface area contributed by atoms with Crippen molar-refractivity contribution in [2.24, 2.45) is 0 Å². The topological polar surface area (TPSA) is 12.5 Å². The van der Waals surface area contributed by atoms with Crippen LogP contribution in [-0.2, 0) is 5.41 Å². The minimum atomic E-state index is -0.117. The van der Waals surface area contributed by atoms with Crippen molar-refractivity contribution >= 4 is 33.4 Å². The molecular formula is C49H37NO. The Morgan fingerprint density at radius 2 is 1.22 bits per heavy atom. The SMILES string of the molecule is CC1(C)c2ccccc2-c2ccc(N(c3cccc(-c4ccccc4)c3)c3cc4c(c5ccccc35)OC3C(c5ccccc5)=CC=CC43)cc21. The molecule has 244 valence electrons. The fourth-order valence-corrected chi connectivity index (χ4v) is 8.72. The Balaban J connectivity index is 1.19. The summed E-state index contributed by atoms with van der Waals surface area (Å²) in [6, 6.07) is 57.4. The molecule has 0 saturated carbocycles. The van der Waals surface area contributed by atoms with E-state index in [0.29, 0.717) is 0 Å². The first-order chi connectivity index (χ1) is 25.1. The average Bonchev–Trinajstić information content (AvgIpc) is 3.68. The predicted molar refractivity (Wildman–Crippen MR) is 212 cm³/mol. The highest BCUT2D eigenvalue weighted by Crippen LogP contribution is 2.54. The smallest absolute Gasteiger partial charge is 0.135 e. The zero-order valence-corrected chi connectivity index (χ0v) is 28.8. The number of rotatable bonds is 5.